The summed E-state index contributed by atoms with van der Waals surface area (Å²) in [6.07, 6.45) is 3.24. The van der Waals surface area contributed by atoms with Gasteiger partial charge in [0, 0.05) is 49.3 Å². The fourth-order valence-corrected chi connectivity index (χ4v) is 4.52. The number of fused-ring (bicyclic) bond motifs is 1. The summed E-state index contributed by atoms with van der Waals surface area (Å²) in [6, 6.07) is 13.4. The van der Waals surface area contributed by atoms with E-state index in [-0.39, 0.29) is 5.82 Å². The molecule has 1 fully saturated rings. The predicted molar refractivity (Wildman–Crippen MR) is 121 cm³/mol. The quantitative estimate of drug-likeness (QED) is 0.598. The molecule has 1 aliphatic heterocycles. The summed E-state index contributed by atoms with van der Waals surface area (Å²) in [5.41, 5.74) is 4.75. The van der Waals surface area contributed by atoms with E-state index in [9.17, 15) is 4.39 Å². The second kappa shape index (κ2) is 9.63. The number of aromatic nitrogens is 1. The Morgan fingerprint density at radius 3 is 2.50 bits per heavy atom. The number of hydrogen-bond donors (Lipinski definition) is 1. The third kappa shape index (κ3) is 5.02. The maximum Gasteiger partial charge on any atom is 0.125 e. The number of benzene rings is 2. The number of halogens is 1. The first-order valence-electron chi connectivity index (χ1n) is 11.0. The van der Waals surface area contributed by atoms with Crippen LogP contribution in [0.15, 0.2) is 42.5 Å². The highest BCUT2D eigenvalue weighted by Crippen LogP contribution is 2.24. The Balaban J connectivity index is 1.20. The summed E-state index contributed by atoms with van der Waals surface area (Å²) in [5, 5.41) is 1.16. The van der Waals surface area contributed by atoms with Crippen molar-refractivity contribution in [3.8, 4) is 5.75 Å². The van der Waals surface area contributed by atoms with Crippen LogP contribution in [0.2, 0.25) is 0 Å². The van der Waals surface area contributed by atoms with Crippen LogP contribution in [0.25, 0.3) is 10.9 Å². The van der Waals surface area contributed by atoms with Crippen molar-refractivity contribution in [3.63, 3.8) is 0 Å². The van der Waals surface area contributed by atoms with Crippen molar-refractivity contribution in [1.29, 1.82) is 0 Å². The molecular formula is C25H32FN3O. The van der Waals surface area contributed by atoms with E-state index in [0.29, 0.717) is 0 Å². The number of methoxy groups -OCH3 is 1. The van der Waals surface area contributed by atoms with Gasteiger partial charge in [0.25, 0.3) is 0 Å². The van der Waals surface area contributed by atoms with Gasteiger partial charge >= 0.3 is 0 Å². The second-order valence-electron chi connectivity index (χ2n) is 8.31. The van der Waals surface area contributed by atoms with Gasteiger partial charge in [-0.05, 0) is 74.2 Å². The van der Waals surface area contributed by atoms with Crippen LogP contribution in [0.4, 0.5) is 4.39 Å². The first-order valence-corrected chi connectivity index (χ1v) is 11.0. The molecule has 2 heterocycles. The number of aryl methyl sites for hydroxylation is 2. The molecule has 0 saturated carbocycles. The highest BCUT2D eigenvalue weighted by atomic mass is 19.1. The minimum Gasteiger partial charge on any atom is -0.497 e. The van der Waals surface area contributed by atoms with E-state index in [2.05, 4.69) is 39.9 Å². The van der Waals surface area contributed by atoms with E-state index in [1.807, 2.05) is 12.1 Å². The van der Waals surface area contributed by atoms with Gasteiger partial charge in [-0.15, -0.1) is 0 Å². The molecular weight excluding hydrogens is 377 g/mol. The van der Waals surface area contributed by atoms with Crippen LogP contribution in [-0.2, 0) is 12.8 Å². The lowest BCUT2D eigenvalue weighted by Gasteiger charge is -2.34. The number of hydrogen-bond acceptors (Lipinski definition) is 3. The summed E-state index contributed by atoms with van der Waals surface area (Å²) in [5.74, 6) is 0.757. The fourth-order valence-electron chi connectivity index (χ4n) is 4.52. The third-order valence-electron chi connectivity index (χ3n) is 6.30. The lowest BCUT2D eigenvalue weighted by molar-refractivity contribution is 0.132. The van der Waals surface area contributed by atoms with Gasteiger partial charge in [-0.3, -0.25) is 0 Å². The lowest BCUT2D eigenvalue weighted by atomic mass is 10.1. The van der Waals surface area contributed by atoms with E-state index in [1.165, 1.54) is 11.1 Å². The molecule has 1 aromatic heterocycles. The maximum absolute atomic E-state index is 13.5. The molecule has 1 saturated heterocycles. The highest BCUT2D eigenvalue weighted by Gasteiger charge is 2.17. The molecule has 0 atom stereocenters. The Kier molecular flexibility index (Phi) is 6.70. The van der Waals surface area contributed by atoms with E-state index in [1.54, 1.807) is 19.2 Å². The van der Waals surface area contributed by atoms with E-state index in [0.717, 1.165) is 80.9 Å². The zero-order valence-corrected chi connectivity index (χ0v) is 18.1. The molecule has 5 heteroatoms. The Labute approximate surface area is 178 Å². The van der Waals surface area contributed by atoms with Crippen LogP contribution < -0.4 is 4.74 Å². The fraction of sp³-hybridized carbons (Fsp3) is 0.440. The van der Waals surface area contributed by atoms with Gasteiger partial charge in [0.15, 0.2) is 0 Å². The van der Waals surface area contributed by atoms with Crippen LogP contribution in [0.5, 0.6) is 5.75 Å². The summed E-state index contributed by atoms with van der Waals surface area (Å²) >= 11 is 0. The molecule has 4 nitrogen and oxygen atoms in total. The number of nitrogens with zero attached hydrogens (tertiary/aromatic N) is 2. The summed E-state index contributed by atoms with van der Waals surface area (Å²) in [6.45, 7) is 8.86. The van der Waals surface area contributed by atoms with Crippen molar-refractivity contribution < 1.29 is 9.13 Å². The van der Waals surface area contributed by atoms with Crippen molar-refractivity contribution in [1.82, 2.24) is 14.8 Å². The monoisotopic (exact) mass is 409 g/mol. The molecule has 0 amide bonds. The predicted octanol–water partition coefficient (Wildman–Crippen LogP) is 4.42. The van der Waals surface area contributed by atoms with Gasteiger partial charge < -0.3 is 19.5 Å². The van der Waals surface area contributed by atoms with Crippen molar-refractivity contribution in [3.05, 3.63) is 65.1 Å². The van der Waals surface area contributed by atoms with Crippen molar-refractivity contribution in [2.24, 2.45) is 0 Å². The Bertz CT molecular complexity index is 976. The maximum atomic E-state index is 13.5. The minimum absolute atomic E-state index is 0.181. The van der Waals surface area contributed by atoms with Crippen molar-refractivity contribution >= 4 is 10.9 Å². The summed E-state index contributed by atoms with van der Waals surface area (Å²) < 4.78 is 18.8. The van der Waals surface area contributed by atoms with Crippen LogP contribution in [0, 0.1) is 12.7 Å². The van der Waals surface area contributed by atoms with Crippen LogP contribution in [0.3, 0.4) is 0 Å². The number of piperazine rings is 1. The van der Waals surface area contributed by atoms with E-state index < -0.39 is 0 Å². The first-order chi connectivity index (χ1) is 14.6. The summed E-state index contributed by atoms with van der Waals surface area (Å²) in [4.78, 5) is 8.47. The molecule has 0 spiro atoms. The van der Waals surface area contributed by atoms with Gasteiger partial charge in [-0.2, -0.15) is 0 Å². The standard InChI is InChI=1S/C25H32FN3O/c1-19-23(24-9-8-21(26)18-25(24)27-19)7-4-11-28-13-15-29(16-14-28)12-10-20-5-3-6-22(17-20)30-2/h3,5-6,8-9,17-18,27H,4,7,10-16H2,1-2H3. The molecule has 4 rings (SSSR count). The number of nitrogens with one attached hydrogen (secondary N) is 1. The van der Waals surface area contributed by atoms with E-state index in [4.69, 9.17) is 4.74 Å². The second-order valence-corrected chi connectivity index (χ2v) is 8.31. The molecule has 2 aromatic carbocycles. The first kappa shape index (κ1) is 20.9. The number of aromatic amines is 1. The average molecular weight is 410 g/mol. The molecule has 1 aliphatic rings. The van der Waals surface area contributed by atoms with Crippen LogP contribution >= 0.6 is 0 Å². The van der Waals surface area contributed by atoms with Gasteiger partial charge in [0.1, 0.15) is 11.6 Å². The van der Waals surface area contributed by atoms with Crippen LogP contribution in [0.1, 0.15) is 23.2 Å². The third-order valence-corrected chi connectivity index (χ3v) is 6.30. The number of H-pyrrole nitrogens is 1. The average Bonchev–Trinajstić information content (AvgIpc) is 3.07. The molecule has 1 N–H and O–H groups in total. The molecule has 0 unspecified atom stereocenters. The van der Waals surface area contributed by atoms with Crippen LogP contribution in [-0.4, -0.2) is 61.2 Å². The summed E-state index contributed by atoms with van der Waals surface area (Å²) in [7, 11) is 1.72. The molecule has 30 heavy (non-hydrogen) atoms. The molecule has 0 aliphatic carbocycles. The Morgan fingerprint density at radius 2 is 1.73 bits per heavy atom. The van der Waals surface area contributed by atoms with Gasteiger partial charge in [0.2, 0.25) is 0 Å². The largest absolute Gasteiger partial charge is 0.497 e. The Hall–Kier alpha value is -2.37. The van der Waals surface area contributed by atoms with Gasteiger partial charge in [-0.1, -0.05) is 12.1 Å². The molecule has 160 valence electrons. The molecule has 0 bridgehead atoms. The van der Waals surface area contributed by atoms with Gasteiger partial charge in [-0.25, -0.2) is 4.39 Å². The van der Waals surface area contributed by atoms with E-state index >= 15 is 0 Å². The zero-order chi connectivity index (χ0) is 20.9. The Morgan fingerprint density at radius 1 is 0.967 bits per heavy atom. The topological polar surface area (TPSA) is 31.5 Å². The van der Waals surface area contributed by atoms with Crippen molar-refractivity contribution in [2.75, 3.05) is 46.4 Å². The molecule has 0 radical (unpaired) electrons. The zero-order valence-electron chi connectivity index (χ0n) is 18.1. The van der Waals surface area contributed by atoms with Gasteiger partial charge in [0.05, 0.1) is 7.11 Å². The number of rotatable bonds is 8. The van der Waals surface area contributed by atoms with Crippen molar-refractivity contribution in [2.45, 2.75) is 26.2 Å². The minimum atomic E-state index is -0.181. The highest BCUT2D eigenvalue weighted by molar-refractivity contribution is 5.84. The lowest BCUT2D eigenvalue weighted by Crippen LogP contribution is -2.47. The SMILES string of the molecule is COc1cccc(CCN2CCN(CCCc3c(C)[nH]c4cc(F)ccc34)CC2)c1. The number of ether oxygens (including phenoxy) is 1. The smallest absolute Gasteiger partial charge is 0.125 e. The normalized spacial score (nSPS) is 15.7. The molecule has 3 aromatic rings.